The molecule has 3 aromatic carbocycles. The highest BCUT2D eigenvalue weighted by Crippen LogP contribution is 2.31. The van der Waals surface area contributed by atoms with Gasteiger partial charge in [-0.2, -0.15) is 0 Å². The predicted octanol–water partition coefficient (Wildman–Crippen LogP) is 6.81. The van der Waals surface area contributed by atoms with Crippen LogP contribution in [0.1, 0.15) is 29.4 Å². The number of aryl methyl sites for hydroxylation is 2. The summed E-state index contributed by atoms with van der Waals surface area (Å²) >= 11 is 3.04. The first-order valence-electron chi connectivity index (χ1n) is 12.4. The SMILES string of the molecule is CCn1c(COc2cccc(C)c2C)nnc1SCC(=O)Nc1ccc(-c2nc3ccc(C)cc3s2)cc1. The lowest BCUT2D eigenvalue weighted by Crippen LogP contribution is -2.15. The lowest BCUT2D eigenvalue weighted by atomic mass is 10.1. The first-order chi connectivity index (χ1) is 18.4. The van der Waals surface area contributed by atoms with E-state index < -0.39 is 0 Å². The molecule has 0 atom stereocenters. The normalized spacial score (nSPS) is 11.2. The minimum absolute atomic E-state index is 0.1000. The fourth-order valence-electron chi connectivity index (χ4n) is 4.05. The molecule has 5 rings (SSSR count). The number of carbonyl (C=O) groups is 1. The number of carbonyl (C=O) groups excluding carboxylic acids is 1. The third-order valence-corrected chi connectivity index (χ3v) is 8.35. The van der Waals surface area contributed by atoms with Crippen molar-refractivity contribution in [2.45, 2.75) is 46.0 Å². The van der Waals surface area contributed by atoms with Crippen LogP contribution in [-0.4, -0.2) is 31.4 Å². The largest absolute Gasteiger partial charge is 0.485 e. The van der Waals surface area contributed by atoms with Crippen molar-refractivity contribution < 1.29 is 9.53 Å². The molecule has 0 spiro atoms. The summed E-state index contributed by atoms with van der Waals surface area (Å²) in [4.78, 5) is 17.4. The number of ether oxygens (including phenoxy) is 1. The molecular weight excluding hydrogens is 514 g/mol. The van der Waals surface area contributed by atoms with Crippen molar-refractivity contribution in [2.24, 2.45) is 0 Å². The van der Waals surface area contributed by atoms with E-state index in [9.17, 15) is 4.79 Å². The first-order valence-corrected chi connectivity index (χ1v) is 14.2. The number of thioether (sulfide) groups is 1. The van der Waals surface area contributed by atoms with E-state index in [-0.39, 0.29) is 11.7 Å². The second-order valence-corrected chi connectivity index (χ2v) is 11.0. The minimum Gasteiger partial charge on any atom is -0.485 e. The summed E-state index contributed by atoms with van der Waals surface area (Å²) < 4.78 is 9.17. The molecule has 0 saturated heterocycles. The fraction of sp³-hybridized carbons (Fsp3) is 0.241. The lowest BCUT2D eigenvalue weighted by Gasteiger charge is -2.11. The van der Waals surface area contributed by atoms with E-state index in [2.05, 4.69) is 53.6 Å². The van der Waals surface area contributed by atoms with Crippen LogP contribution in [0.3, 0.4) is 0 Å². The summed E-state index contributed by atoms with van der Waals surface area (Å²) in [7, 11) is 0. The Balaban J connectivity index is 1.17. The van der Waals surface area contributed by atoms with Gasteiger partial charge in [-0.1, -0.05) is 30.0 Å². The van der Waals surface area contributed by atoms with Crippen LogP contribution in [0, 0.1) is 20.8 Å². The zero-order chi connectivity index (χ0) is 26.6. The minimum atomic E-state index is -0.1000. The van der Waals surface area contributed by atoms with Gasteiger partial charge in [0.05, 0.1) is 16.0 Å². The fourth-order valence-corrected chi connectivity index (χ4v) is 5.94. The van der Waals surface area contributed by atoms with Crippen LogP contribution >= 0.6 is 23.1 Å². The second-order valence-electron chi connectivity index (χ2n) is 9.03. The molecular formula is C29H29N5O2S2. The Hall–Kier alpha value is -3.69. The van der Waals surface area contributed by atoms with Crippen molar-refractivity contribution in [1.29, 1.82) is 0 Å². The molecule has 0 radical (unpaired) electrons. The van der Waals surface area contributed by atoms with E-state index in [1.165, 1.54) is 27.6 Å². The molecule has 5 aromatic rings. The number of aromatic nitrogens is 4. The van der Waals surface area contributed by atoms with Crippen LogP contribution in [0.2, 0.25) is 0 Å². The molecule has 0 bridgehead atoms. The van der Waals surface area contributed by atoms with Crippen molar-refractivity contribution >= 4 is 44.9 Å². The topological polar surface area (TPSA) is 81.9 Å². The smallest absolute Gasteiger partial charge is 0.234 e. The number of hydrogen-bond acceptors (Lipinski definition) is 7. The van der Waals surface area contributed by atoms with Gasteiger partial charge in [-0.15, -0.1) is 21.5 Å². The van der Waals surface area contributed by atoms with Crippen LogP contribution in [0.5, 0.6) is 5.75 Å². The molecule has 0 saturated carbocycles. The maximum Gasteiger partial charge on any atom is 0.234 e. The highest BCUT2D eigenvalue weighted by molar-refractivity contribution is 7.99. The number of fused-ring (bicyclic) bond motifs is 1. The average molecular weight is 544 g/mol. The number of hydrogen-bond donors (Lipinski definition) is 1. The molecule has 38 heavy (non-hydrogen) atoms. The van der Waals surface area contributed by atoms with E-state index >= 15 is 0 Å². The number of nitrogens with zero attached hydrogens (tertiary/aromatic N) is 4. The molecule has 0 aliphatic carbocycles. The number of amides is 1. The molecule has 0 aliphatic heterocycles. The molecule has 7 nitrogen and oxygen atoms in total. The molecule has 1 amide bonds. The van der Waals surface area contributed by atoms with E-state index in [0.717, 1.165) is 38.9 Å². The van der Waals surface area contributed by atoms with E-state index in [0.29, 0.717) is 18.3 Å². The number of nitrogens with one attached hydrogen (secondary N) is 1. The standard InChI is InChI=1S/C29H29N5O2S2/c1-5-34-26(16-36-24-8-6-7-19(3)20(24)4)32-33-29(34)37-17-27(35)30-22-12-10-21(11-13-22)28-31-23-14-9-18(2)15-25(23)38-28/h6-15H,5,16-17H2,1-4H3,(H,30,35). The third-order valence-electron chi connectivity index (χ3n) is 6.31. The van der Waals surface area contributed by atoms with Gasteiger partial charge in [0, 0.05) is 17.8 Å². The molecule has 194 valence electrons. The molecule has 0 aliphatic rings. The monoisotopic (exact) mass is 543 g/mol. The van der Waals surface area contributed by atoms with Crippen LogP contribution in [0.4, 0.5) is 5.69 Å². The molecule has 2 aromatic heterocycles. The summed E-state index contributed by atoms with van der Waals surface area (Å²) in [5.74, 6) is 1.71. The van der Waals surface area contributed by atoms with Crippen molar-refractivity contribution in [3.05, 3.63) is 83.2 Å². The number of anilines is 1. The zero-order valence-electron chi connectivity index (χ0n) is 21.8. The second kappa shape index (κ2) is 11.4. The quantitative estimate of drug-likeness (QED) is 0.206. The third kappa shape index (κ3) is 5.74. The highest BCUT2D eigenvalue weighted by Gasteiger charge is 2.15. The molecule has 9 heteroatoms. The van der Waals surface area contributed by atoms with Crippen LogP contribution in [0.15, 0.2) is 65.8 Å². The summed E-state index contributed by atoms with van der Waals surface area (Å²) in [5.41, 5.74) is 6.30. The summed E-state index contributed by atoms with van der Waals surface area (Å²) in [6.45, 7) is 9.23. The van der Waals surface area contributed by atoms with Gasteiger partial charge < -0.3 is 14.6 Å². The summed E-state index contributed by atoms with van der Waals surface area (Å²) in [5, 5.41) is 13.2. The van der Waals surface area contributed by atoms with Gasteiger partial charge >= 0.3 is 0 Å². The Kier molecular flexibility index (Phi) is 7.76. The van der Waals surface area contributed by atoms with Crippen molar-refractivity contribution in [2.75, 3.05) is 11.1 Å². The highest BCUT2D eigenvalue weighted by atomic mass is 32.2. The Morgan fingerprint density at radius 1 is 1.05 bits per heavy atom. The molecule has 2 heterocycles. The molecule has 1 N–H and O–H groups in total. The zero-order valence-corrected chi connectivity index (χ0v) is 23.4. The van der Waals surface area contributed by atoms with Gasteiger partial charge in [0.15, 0.2) is 11.0 Å². The van der Waals surface area contributed by atoms with E-state index in [1.54, 1.807) is 11.3 Å². The predicted molar refractivity (Wildman–Crippen MR) is 155 cm³/mol. The Bertz CT molecular complexity index is 1590. The van der Waals surface area contributed by atoms with Gasteiger partial charge in [-0.05, 0) is 86.8 Å². The Morgan fingerprint density at radius 2 is 1.87 bits per heavy atom. The van der Waals surface area contributed by atoms with Gasteiger partial charge in [-0.25, -0.2) is 4.98 Å². The van der Waals surface area contributed by atoms with E-state index in [4.69, 9.17) is 9.72 Å². The van der Waals surface area contributed by atoms with Crippen molar-refractivity contribution in [3.8, 4) is 16.3 Å². The van der Waals surface area contributed by atoms with Crippen LogP contribution in [0.25, 0.3) is 20.8 Å². The first kappa shape index (κ1) is 25.9. The number of benzene rings is 3. The van der Waals surface area contributed by atoms with Gasteiger partial charge in [0.1, 0.15) is 17.4 Å². The van der Waals surface area contributed by atoms with Gasteiger partial charge in [0.25, 0.3) is 0 Å². The Labute approximate surface area is 230 Å². The van der Waals surface area contributed by atoms with Crippen LogP contribution < -0.4 is 10.1 Å². The Morgan fingerprint density at radius 3 is 2.66 bits per heavy atom. The van der Waals surface area contributed by atoms with Crippen LogP contribution in [-0.2, 0) is 17.9 Å². The number of thiazole rings is 1. The lowest BCUT2D eigenvalue weighted by molar-refractivity contribution is -0.113. The molecule has 0 unspecified atom stereocenters. The van der Waals surface area contributed by atoms with Crippen molar-refractivity contribution in [1.82, 2.24) is 19.7 Å². The summed E-state index contributed by atoms with van der Waals surface area (Å²) in [6, 6.07) is 20.1. The summed E-state index contributed by atoms with van der Waals surface area (Å²) in [6.07, 6.45) is 0. The average Bonchev–Trinajstić information content (AvgIpc) is 3.52. The van der Waals surface area contributed by atoms with Gasteiger partial charge in [0.2, 0.25) is 5.91 Å². The molecule has 0 fully saturated rings. The van der Waals surface area contributed by atoms with Crippen molar-refractivity contribution in [3.63, 3.8) is 0 Å². The van der Waals surface area contributed by atoms with E-state index in [1.807, 2.05) is 54.8 Å². The maximum absolute atomic E-state index is 12.7. The number of rotatable bonds is 9. The maximum atomic E-state index is 12.7. The van der Waals surface area contributed by atoms with Gasteiger partial charge in [-0.3, -0.25) is 4.79 Å².